The summed E-state index contributed by atoms with van der Waals surface area (Å²) < 4.78 is 5.55. The van der Waals surface area contributed by atoms with Crippen molar-refractivity contribution in [1.82, 2.24) is 15.3 Å². The van der Waals surface area contributed by atoms with Crippen molar-refractivity contribution in [3.63, 3.8) is 0 Å². The summed E-state index contributed by atoms with van der Waals surface area (Å²) in [6, 6.07) is 0. The number of hydrogen-bond acceptors (Lipinski definition) is 6. The smallest absolute Gasteiger partial charge is 0.239 e. The summed E-state index contributed by atoms with van der Waals surface area (Å²) in [6.45, 7) is 3.82. The van der Waals surface area contributed by atoms with Crippen LogP contribution in [0.15, 0.2) is 10.7 Å². The lowest BCUT2D eigenvalue weighted by molar-refractivity contribution is -0.119. The van der Waals surface area contributed by atoms with Gasteiger partial charge in [-0.3, -0.25) is 4.79 Å². The Balaban J connectivity index is 2.47. The van der Waals surface area contributed by atoms with E-state index >= 15 is 0 Å². The third-order valence-corrected chi connectivity index (χ3v) is 2.70. The van der Waals surface area contributed by atoms with Crippen LogP contribution < -0.4 is 16.0 Å². The highest BCUT2D eigenvalue weighted by Crippen LogP contribution is 2.19. The van der Waals surface area contributed by atoms with Crippen LogP contribution in [0.25, 0.3) is 0 Å². The van der Waals surface area contributed by atoms with Crippen LogP contribution in [0.5, 0.6) is 0 Å². The van der Waals surface area contributed by atoms with Crippen LogP contribution in [0.4, 0.5) is 11.8 Å². The minimum Gasteiger partial charge on any atom is -0.383 e. The van der Waals surface area contributed by atoms with Crippen molar-refractivity contribution in [3.05, 3.63) is 10.7 Å². The number of halogens is 1. The van der Waals surface area contributed by atoms with E-state index in [1.165, 1.54) is 0 Å². The molecule has 7 nitrogen and oxygen atoms in total. The molecular formula is C11H18BrN5O2. The molecule has 0 saturated heterocycles. The van der Waals surface area contributed by atoms with Gasteiger partial charge >= 0.3 is 0 Å². The molecule has 1 heterocycles. The molecule has 1 amide bonds. The SMILES string of the molecule is CCNc1ncc(Br)c(NCC(=O)NCCOC)n1. The Morgan fingerprint density at radius 2 is 2.26 bits per heavy atom. The molecule has 0 aliphatic heterocycles. The van der Waals surface area contributed by atoms with E-state index < -0.39 is 0 Å². The van der Waals surface area contributed by atoms with Crippen LogP contribution in [0.3, 0.4) is 0 Å². The molecule has 0 atom stereocenters. The fraction of sp³-hybridized carbons (Fsp3) is 0.545. The molecular weight excluding hydrogens is 314 g/mol. The van der Waals surface area contributed by atoms with Crippen LogP contribution in [0, 0.1) is 0 Å². The zero-order valence-corrected chi connectivity index (χ0v) is 12.6. The van der Waals surface area contributed by atoms with Crippen molar-refractivity contribution in [2.75, 3.05) is 44.0 Å². The molecule has 106 valence electrons. The highest BCUT2D eigenvalue weighted by Gasteiger charge is 2.06. The Hall–Kier alpha value is -1.41. The normalized spacial score (nSPS) is 10.1. The van der Waals surface area contributed by atoms with Gasteiger partial charge in [0.15, 0.2) is 0 Å². The molecule has 0 aliphatic rings. The monoisotopic (exact) mass is 331 g/mol. The number of aromatic nitrogens is 2. The fourth-order valence-corrected chi connectivity index (χ4v) is 1.58. The van der Waals surface area contributed by atoms with Gasteiger partial charge in [0, 0.05) is 26.4 Å². The maximum absolute atomic E-state index is 11.5. The number of nitrogens with one attached hydrogen (secondary N) is 3. The second-order valence-electron chi connectivity index (χ2n) is 3.62. The quantitative estimate of drug-likeness (QED) is 0.612. The first-order valence-electron chi connectivity index (χ1n) is 5.93. The van der Waals surface area contributed by atoms with E-state index in [1.807, 2.05) is 6.92 Å². The number of amides is 1. The fourth-order valence-electron chi connectivity index (χ4n) is 1.25. The van der Waals surface area contributed by atoms with E-state index in [-0.39, 0.29) is 12.5 Å². The van der Waals surface area contributed by atoms with Gasteiger partial charge in [0.2, 0.25) is 11.9 Å². The highest BCUT2D eigenvalue weighted by molar-refractivity contribution is 9.10. The molecule has 0 fully saturated rings. The molecule has 0 aliphatic carbocycles. The van der Waals surface area contributed by atoms with Crippen molar-refractivity contribution in [2.45, 2.75) is 6.92 Å². The van der Waals surface area contributed by atoms with Gasteiger partial charge in [0.1, 0.15) is 5.82 Å². The van der Waals surface area contributed by atoms with Gasteiger partial charge < -0.3 is 20.7 Å². The van der Waals surface area contributed by atoms with Crippen molar-refractivity contribution < 1.29 is 9.53 Å². The molecule has 1 aromatic rings. The number of carbonyl (C=O) groups excluding carboxylic acids is 1. The largest absolute Gasteiger partial charge is 0.383 e. The Bertz CT molecular complexity index is 416. The van der Waals surface area contributed by atoms with E-state index in [0.29, 0.717) is 29.4 Å². The number of hydrogen-bond donors (Lipinski definition) is 3. The van der Waals surface area contributed by atoms with E-state index in [0.717, 1.165) is 6.54 Å². The van der Waals surface area contributed by atoms with Crippen LogP contribution in [0.2, 0.25) is 0 Å². The topological polar surface area (TPSA) is 88.2 Å². The molecule has 19 heavy (non-hydrogen) atoms. The van der Waals surface area contributed by atoms with E-state index in [1.54, 1.807) is 13.3 Å². The summed E-state index contributed by atoms with van der Waals surface area (Å²) >= 11 is 3.33. The minimum absolute atomic E-state index is 0.118. The maximum atomic E-state index is 11.5. The van der Waals surface area contributed by atoms with E-state index in [2.05, 4.69) is 41.8 Å². The van der Waals surface area contributed by atoms with Crippen LogP contribution in [0.1, 0.15) is 6.92 Å². The average Bonchev–Trinajstić information content (AvgIpc) is 2.40. The van der Waals surface area contributed by atoms with Gasteiger partial charge in [0.05, 0.1) is 17.6 Å². The van der Waals surface area contributed by atoms with Crippen molar-refractivity contribution >= 4 is 33.6 Å². The number of nitrogens with zero attached hydrogens (tertiary/aromatic N) is 2. The number of methoxy groups -OCH3 is 1. The van der Waals surface area contributed by atoms with Gasteiger partial charge in [0.25, 0.3) is 0 Å². The lowest BCUT2D eigenvalue weighted by atomic mass is 10.5. The first-order chi connectivity index (χ1) is 9.17. The maximum Gasteiger partial charge on any atom is 0.239 e. The first kappa shape index (κ1) is 15.6. The zero-order valence-electron chi connectivity index (χ0n) is 11.0. The van der Waals surface area contributed by atoms with Crippen molar-refractivity contribution in [3.8, 4) is 0 Å². The van der Waals surface area contributed by atoms with Crippen molar-refractivity contribution in [1.29, 1.82) is 0 Å². The average molecular weight is 332 g/mol. The summed E-state index contributed by atoms with van der Waals surface area (Å²) in [5, 5.41) is 8.66. The third-order valence-electron chi connectivity index (χ3n) is 2.12. The minimum atomic E-state index is -0.118. The van der Waals surface area contributed by atoms with Crippen LogP contribution >= 0.6 is 15.9 Å². The molecule has 0 bridgehead atoms. The predicted molar refractivity (Wildman–Crippen MR) is 77.3 cm³/mol. The summed E-state index contributed by atoms with van der Waals surface area (Å²) in [5.74, 6) is 0.980. The first-order valence-corrected chi connectivity index (χ1v) is 6.72. The summed E-state index contributed by atoms with van der Waals surface area (Å²) in [7, 11) is 1.59. The van der Waals surface area contributed by atoms with Crippen molar-refractivity contribution in [2.24, 2.45) is 0 Å². The molecule has 0 saturated carbocycles. The predicted octanol–water partition coefficient (Wildman–Crippen LogP) is 0.845. The number of anilines is 2. The molecule has 3 N–H and O–H groups in total. The Morgan fingerprint density at radius 1 is 1.47 bits per heavy atom. The number of carbonyl (C=O) groups is 1. The molecule has 0 unspecified atom stereocenters. The standard InChI is InChI=1S/C11H18BrN5O2/c1-3-13-11-16-6-8(12)10(17-11)15-7-9(18)14-4-5-19-2/h6H,3-5,7H2,1-2H3,(H,14,18)(H2,13,15,16,17). The van der Waals surface area contributed by atoms with Gasteiger partial charge in [-0.1, -0.05) is 0 Å². The highest BCUT2D eigenvalue weighted by atomic mass is 79.9. The van der Waals surface area contributed by atoms with Gasteiger partial charge in [-0.2, -0.15) is 4.98 Å². The van der Waals surface area contributed by atoms with E-state index in [4.69, 9.17) is 4.74 Å². The lowest BCUT2D eigenvalue weighted by Gasteiger charge is -2.09. The zero-order chi connectivity index (χ0) is 14.1. The van der Waals surface area contributed by atoms with Gasteiger partial charge in [-0.25, -0.2) is 4.98 Å². The summed E-state index contributed by atoms with van der Waals surface area (Å²) in [5.41, 5.74) is 0. The second kappa shape index (κ2) is 8.65. The van der Waals surface area contributed by atoms with Crippen LogP contribution in [-0.2, 0) is 9.53 Å². The molecule has 0 aromatic carbocycles. The Morgan fingerprint density at radius 3 is 2.95 bits per heavy atom. The Kier molecular flexibility index (Phi) is 7.12. The van der Waals surface area contributed by atoms with Gasteiger partial charge in [-0.15, -0.1) is 0 Å². The molecule has 8 heteroatoms. The Labute approximate surface area is 120 Å². The molecule has 0 radical (unpaired) electrons. The molecule has 1 aromatic heterocycles. The molecule has 1 rings (SSSR count). The lowest BCUT2D eigenvalue weighted by Crippen LogP contribution is -2.32. The number of ether oxygens (including phenoxy) is 1. The third kappa shape index (κ3) is 5.84. The second-order valence-corrected chi connectivity index (χ2v) is 4.47. The van der Waals surface area contributed by atoms with Gasteiger partial charge in [-0.05, 0) is 22.9 Å². The van der Waals surface area contributed by atoms with E-state index in [9.17, 15) is 4.79 Å². The summed E-state index contributed by atoms with van der Waals surface area (Å²) in [6.07, 6.45) is 1.64. The summed E-state index contributed by atoms with van der Waals surface area (Å²) in [4.78, 5) is 19.8. The van der Waals surface area contributed by atoms with Crippen LogP contribution in [-0.4, -0.2) is 49.2 Å². The molecule has 0 spiro atoms. The number of rotatable bonds is 8.